The lowest BCUT2D eigenvalue weighted by molar-refractivity contribution is -0.191. The van der Waals surface area contributed by atoms with Gasteiger partial charge in [0.1, 0.15) is 0 Å². The van der Waals surface area contributed by atoms with Gasteiger partial charge in [-0.25, -0.2) is 0 Å². The zero-order valence-corrected chi connectivity index (χ0v) is 7.08. The van der Waals surface area contributed by atoms with E-state index in [1.165, 1.54) is 0 Å². The second kappa shape index (κ2) is 15.9. The number of rotatable bonds is 0. The average molecular weight is 196 g/mol. The molecule has 0 aromatic rings. The SMILES string of the molecule is NC(N)=S.NC(N)=S.O=C=O. The van der Waals surface area contributed by atoms with Crippen molar-refractivity contribution in [2.45, 2.75) is 0 Å². The van der Waals surface area contributed by atoms with E-state index in [1.807, 2.05) is 0 Å². The Kier molecular flexibility index (Phi) is 23.7. The average Bonchev–Trinajstić information content (AvgIpc) is 1.60. The fourth-order valence-corrected chi connectivity index (χ4v) is 0. The summed E-state index contributed by atoms with van der Waals surface area (Å²) < 4.78 is 0. The molecule has 0 aliphatic rings. The van der Waals surface area contributed by atoms with E-state index in [1.54, 1.807) is 0 Å². The molecule has 0 radical (unpaired) electrons. The van der Waals surface area contributed by atoms with Gasteiger partial charge in [-0.1, -0.05) is 0 Å². The van der Waals surface area contributed by atoms with Crippen molar-refractivity contribution in [3.8, 4) is 0 Å². The molecule has 8 N–H and O–H groups in total. The minimum absolute atomic E-state index is 0.000000000000000222. The molecule has 0 saturated heterocycles. The molecule has 11 heavy (non-hydrogen) atoms. The fraction of sp³-hybridized carbons (Fsp3) is 0. The highest BCUT2D eigenvalue weighted by molar-refractivity contribution is 7.80. The Morgan fingerprint density at radius 1 is 0.909 bits per heavy atom. The number of carbonyl (C=O) groups excluding carboxylic acids is 2. The Labute approximate surface area is 73.9 Å². The van der Waals surface area contributed by atoms with Crippen LogP contribution in [0.1, 0.15) is 0 Å². The molecule has 8 heteroatoms. The summed E-state index contributed by atoms with van der Waals surface area (Å²) in [6, 6.07) is 0. The van der Waals surface area contributed by atoms with E-state index in [0.717, 1.165) is 0 Å². The highest BCUT2D eigenvalue weighted by Gasteiger charge is 1.53. The summed E-state index contributed by atoms with van der Waals surface area (Å²) in [5.41, 5.74) is 18.5. The number of hydrogen-bond acceptors (Lipinski definition) is 4. The van der Waals surface area contributed by atoms with Crippen molar-refractivity contribution in [2.75, 3.05) is 0 Å². The fourth-order valence-electron chi connectivity index (χ4n) is 0. The van der Waals surface area contributed by atoms with E-state index in [0.29, 0.717) is 0 Å². The summed E-state index contributed by atoms with van der Waals surface area (Å²) in [4.78, 5) is 16.2. The van der Waals surface area contributed by atoms with Crippen LogP contribution < -0.4 is 22.9 Å². The third kappa shape index (κ3) is 260. The lowest BCUT2D eigenvalue weighted by Crippen LogP contribution is -2.18. The topological polar surface area (TPSA) is 138 Å². The lowest BCUT2D eigenvalue weighted by Gasteiger charge is -1.68. The lowest BCUT2D eigenvalue weighted by atomic mass is 11.3. The first-order valence-corrected chi connectivity index (χ1v) is 2.79. The van der Waals surface area contributed by atoms with E-state index < -0.39 is 0 Å². The first kappa shape index (κ1) is 16.4. The van der Waals surface area contributed by atoms with Crippen molar-refractivity contribution in [3.63, 3.8) is 0 Å². The van der Waals surface area contributed by atoms with Crippen molar-refractivity contribution in [3.05, 3.63) is 0 Å². The van der Waals surface area contributed by atoms with Gasteiger partial charge >= 0.3 is 6.15 Å². The summed E-state index contributed by atoms with van der Waals surface area (Å²) in [5.74, 6) is 0. The molecule has 0 bridgehead atoms. The van der Waals surface area contributed by atoms with Gasteiger partial charge in [0.2, 0.25) is 0 Å². The summed E-state index contributed by atoms with van der Waals surface area (Å²) in [7, 11) is 0. The smallest absolute Gasteiger partial charge is 0.373 e. The second-order valence-electron chi connectivity index (χ2n) is 0.888. The highest BCUT2D eigenvalue weighted by Crippen LogP contribution is 1.32. The third-order valence-corrected chi connectivity index (χ3v) is 0. The van der Waals surface area contributed by atoms with Crippen LogP contribution >= 0.6 is 24.4 Å². The molecule has 0 unspecified atom stereocenters. The van der Waals surface area contributed by atoms with E-state index in [9.17, 15) is 0 Å². The van der Waals surface area contributed by atoms with Gasteiger partial charge in [0.15, 0.2) is 10.2 Å². The summed E-state index contributed by atoms with van der Waals surface area (Å²) in [6.45, 7) is 0. The maximum atomic E-state index is 8.12. The van der Waals surface area contributed by atoms with Gasteiger partial charge in [-0.2, -0.15) is 9.59 Å². The molecule has 0 rings (SSSR count). The maximum Gasteiger partial charge on any atom is 0.373 e. The molecular formula is C3H8N4O2S2. The van der Waals surface area contributed by atoms with E-state index in [4.69, 9.17) is 9.59 Å². The molecule has 0 amide bonds. The highest BCUT2D eigenvalue weighted by atomic mass is 32.1. The standard InChI is InChI=1S/2CH4N2S.CO2/c2*2-1(3)4;2-1-3/h2*(H4,2,3,4);. The Balaban J connectivity index is -0.0000000886. The molecule has 0 aromatic carbocycles. The quantitative estimate of drug-likeness (QED) is 0.320. The van der Waals surface area contributed by atoms with E-state index in [-0.39, 0.29) is 16.4 Å². The number of hydrogen-bond donors (Lipinski definition) is 4. The first-order chi connectivity index (χ1) is 4.88. The predicted molar refractivity (Wildman–Crippen MR) is 47.0 cm³/mol. The number of thiocarbonyl (C=S) groups is 2. The Bertz CT molecular complexity index is 133. The van der Waals surface area contributed by atoms with Gasteiger partial charge in [-0.3, -0.25) is 0 Å². The maximum absolute atomic E-state index is 8.12. The molecule has 0 aliphatic heterocycles. The van der Waals surface area contributed by atoms with Crippen molar-refractivity contribution in [1.82, 2.24) is 0 Å². The normalized spacial score (nSPS) is 5.09. The minimum atomic E-state index is 0.000000000000000222. The molecule has 0 fully saturated rings. The Hall–Kier alpha value is -1.24. The van der Waals surface area contributed by atoms with Crippen LogP contribution in [-0.2, 0) is 9.59 Å². The zero-order valence-electron chi connectivity index (χ0n) is 5.44. The van der Waals surface area contributed by atoms with Crippen molar-refractivity contribution >= 4 is 40.8 Å². The van der Waals surface area contributed by atoms with Crippen molar-refractivity contribution < 1.29 is 9.59 Å². The van der Waals surface area contributed by atoms with Gasteiger partial charge in [-0.15, -0.1) is 0 Å². The van der Waals surface area contributed by atoms with Gasteiger partial charge < -0.3 is 22.9 Å². The molecule has 0 heterocycles. The van der Waals surface area contributed by atoms with Gasteiger partial charge in [0, 0.05) is 0 Å². The summed E-state index contributed by atoms with van der Waals surface area (Å²) in [5, 5.41) is 0.000000000000000444. The molecule has 0 atom stereocenters. The molecule has 0 saturated carbocycles. The van der Waals surface area contributed by atoms with Gasteiger partial charge in [-0.05, 0) is 24.4 Å². The zero-order chi connectivity index (χ0) is 9.86. The Morgan fingerprint density at radius 3 is 0.909 bits per heavy atom. The number of nitrogens with two attached hydrogens (primary N) is 4. The van der Waals surface area contributed by atoms with Crippen LogP contribution in [0.3, 0.4) is 0 Å². The molecule has 0 aliphatic carbocycles. The van der Waals surface area contributed by atoms with Gasteiger partial charge in [0.05, 0.1) is 0 Å². The molecule has 0 aromatic heterocycles. The molecule has 6 nitrogen and oxygen atoms in total. The van der Waals surface area contributed by atoms with Crippen LogP contribution in [0.2, 0.25) is 0 Å². The van der Waals surface area contributed by atoms with Crippen LogP contribution in [0.4, 0.5) is 0 Å². The van der Waals surface area contributed by atoms with Crippen LogP contribution in [-0.4, -0.2) is 16.4 Å². The van der Waals surface area contributed by atoms with Crippen molar-refractivity contribution in [2.24, 2.45) is 22.9 Å². The largest absolute Gasteiger partial charge is 0.377 e. The summed E-state index contributed by atoms with van der Waals surface area (Å²) in [6.07, 6.45) is 0.250. The summed E-state index contributed by atoms with van der Waals surface area (Å²) >= 11 is 8.19. The first-order valence-electron chi connectivity index (χ1n) is 1.97. The monoisotopic (exact) mass is 196 g/mol. The predicted octanol–water partition coefficient (Wildman–Crippen LogP) is -2.21. The van der Waals surface area contributed by atoms with Crippen molar-refractivity contribution in [1.29, 1.82) is 0 Å². The molecular weight excluding hydrogens is 188 g/mol. The van der Waals surface area contributed by atoms with Crippen LogP contribution in [0.25, 0.3) is 0 Å². The third-order valence-electron chi connectivity index (χ3n) is 0. The van der Waals surface area contributed by atoms with Crippen LogP contribution in [0.15, 0.2) is 0 Å². The minimum Gasteiger partial charge on any atom is -0.377 e. The Morgan fingerprint density at radius 2 is 0.909 bits per heavy atom. The van der Waals surface area contributed by atoms with E-state index in [2.05, 4.69) is 47.4 Å². The van der Waals surface area contributed by atoms with Crippen LogP contribution in [0, 0.1) is 0 Å². The van der Waals surface area contributed by atoms with Gasteiger partial charge in [0.25, 0.3) is 0 Å². The van der Waals surface area contributed by atoms with Crippen LogP contribution in [0.5, 0.6) is 0 Å². The second-order valence-corrected chi connectivity index (χ2v) is 1.83. The molecule has 0 spiro atoms. The molecule has 64 valence electrons. The van der Waals surface area contributed by atoms with E-state index >= 15 is 0 Å².